The molecule has 0 spiro atoms. The topological polar surface area (TPSA) is 21.3 Å². The largest absolute Gasteiger partial charge is 0.496 e. The van der Waals surface area contributed by atoms with Crippen molar-refractivity contribution in [3.05, 3.63) is 53.1 Å². The van der Waals surface area contributed by atoms with Crippen molar-refractivity contribution in [2.45, 2.75) is 19.9 Å². The third-order valence-electron chi connectivity index (χ3n) is 3.39. The van der Waals surface area contributed by atoms with E-state index in [0.717, 1.165) is 23.4 Å². The second kappa shape index (κ2) is 6.78. The predicted octanol–water partition coefficient (Wildman–Crippen LogP) is 4.69. The van der Waals surface area contributed by atoms with Crippen LogP contribution in [0.15, 0.2) is 42.5 Å². The summed E-state index contributed by atoms with van der Waals surface area (Å²) in [7, 11) is 1.68. The first-order valence-electron chi connectivity index (χ1n) is 6.83. The zero-order valence-electron chi connectivity index (χ0n) is 12.1. The van der Waals surface area contributed by atoms with Crippen molar-refractivity contribution in [3.63, 3.8) is 0 Å². The average Bonchev–Trinajstić information content (AvgIpc) is 2.47. The molecule has 2 aromatic carbocycles. The van der Waals surface area contributed by atoms with Gasteiger partial charge in [0.25, 0.3) is 0 Å². The fourth-order valence-corrected chi connectivity index (χ4v) is 2.60. The molecule has 0 radical (unpaired) electrons. The number of halogens is 1. The number of benzene rings is 2. The first-order valence-corrected chi connectivity index (χ1v) is 7.21. The highest BCUT2D eigenvalue weighted by molar-refractivity contribution is 6.31. The van der Waals surface area contributed by atoms with Crippen LogP contribution in [-0.4, -0.2) is 13.7 Å². The number of hydrogen-bond acceptors (Lipinski definition) is 2. The summed E-state index contributed by atoms with van der Waals surface area (Å²) < 4.78 is 5.47. The Bertz CT molecular complexity index is 583. The summed E-state index contributed by atoms with van der Waals surface area (Å²) in [6.45, 7) is 5.21. The first kappa shape index (κ1) is 14.9. The van der Waals surface area contributed by atoms with Crippen LogP contribution in [0.3, 0.4) is 0 Å². The molecule has 0 saturated carbocycles. The van der Waals surface area contributed by atoms with Crippen molar-refractivity contribution in [1.29, 1.82) is 0 Å². The Hall–Kier alpha value is -1.51. The van der Waals surface area contributed by atoms with Gasteiger partial charge in [-0.1, -0.05) is 42.8 Å². The van der Waals surface area contributed by atoms with Gasteiger partial charge in [0.1, 0.15) is 5.75 Å². The van der Waals surface area contributed by atoms with Crippen molar-refractivity contribution in [1.82, 2.24) is 5.32 Å². The van der Waals surface area contributed by atoms with Crippen LogP contribution in [0.25, 0.3) is 11.1 Å². The van der Waals surface area contributed by atoms with E-state index in [0.29, 0.717) is 5.02 Å². The lowest BCUT2D eigenvalue weighted by molar-refractivity contribution is 0.416. The molecular weight excluding hydrogens is 270 g/mol. The van der Waals surface area contributed by atoms with Crippen LogP contribution in [0.5, 0.6) is 5.75 Å². The highest BCUT2D eigenvalue weighted by Gasteiger charge is 2.14. The van der Waals surface area contributed by atoms with E-state index in [1.54, 1.807) is 7.11 Å². The molecule has 0 bridgehead atoms. The molecule has 0 aromatic heterocycles. The van der Waals surface area contributed by atoms with Crippen LogP contribution >= 0.6 is 11.6 Å². The summed E-state index contributed by atoms with van der Waals surface area (Å²) >= 11 is 6.15. The van der Waals surface area contributed by atoms with E-state index in [9.17, 15) is 0 Å². The fourth-order valence-electron chi connectivity index (χ4n) is 2.43. The van der Waals surface area contributed by atoms with Crippen LogP contribution in [-0.2, 0) is 0 Å². The normalized spacial score (nSPS) is 12.2. The molecule has 2 rings (SSSR count). The quantitative estimate of drug-likeness (QED) is 0.862. The second-order valence-electron chi connectivity index (χ2n) is 4.71. The number of rotatable bonds is 5. The molecule has 0 fully saturated rings. The minimum Gasteiger partial charge on any atom is -0.496 e. The van der Waals surface area contributed by atoms with E-state index in [2.05, 4.69) is 37.4 Å². The highest BCUT2D eigenvalue weighted by Crippen LogP contribution is 2.36. The van der Waals surface area contributed by atoms with Gasteiger partial charge in [-0.05, 0) is 42.8 Å². The molecule has 0 amide bonds. The van der Waals surface area contributed by atoms with Gasteiger partial charge in [0, 0.05) is 16.6 Å². The van der Waals surface area contributed by atoms with Crippen molar-refractivity contribution >= 4 is 11.6 Å². The number of methoxy groups -OCH3 is 1. The van der Waals surface area contributed by atoms with E-state index in [-0.39, 0.29) is 6.04 Å². The lowest BCUT2D eigenvalue weighted by atomic mass is 9.95. The van der Waals surface area contributed by atoms with Gasteiger partial charge in [0.05, 0.1) is 7.11 Å². The van der Waals surface area contributed by atoms with Crippen molar-refractivity contribution in [3.8, 4) is 16.9 Å². The maximum absolute atomic E-state index is 6.15. The standard InChI is InChI=1S/C17H20ClNO/c1-4-19-12(2)14-7-5-6-8-15(14)16-11-13(18)9-10-17(16)20-3/h5-12,19H,4H2,1-3H3. The number of nitrogens with one attached hydrogen (secondary N) is 1. The van der Waals surface area contributed by atoms with Gasteiger partial charge in [0.2, 0.25) is 0 Å². The van der Waals surface area contributed by atoms with Gasteiger partial charge in [-0.2, -0.15) is 0 Å². The zero-order valence-corrected chi connectivity index (χ0v) is 12.9. The van der Waals surface area contributed by atoms with Crippen LogP contribution in [0.1, 0.15) is 25.5 Å². The summed E-state index contributed by atoms with van der Waals surface area (Å²) in [5.41, 5.74) is 3.43. The minimum atomic E-state index is 0.278. The Balaban J connectivity index is 2.55. The molecule has 0 aliphatic carbocycles. The Morgan fingerprint density at radius 3 is 2.60 bits per heavy atom. The number of ether oxygens (including phenoxy) is 1. The van der Waals surface area contributed by atoms with Crippen LogP contribution in [0.2, 0.25) is 5.02 Å². The van der Waals surface area contributed by atoms with Crippen molar-refractivity contribution in [2.75, 3.05) is 13.7 Å². The zero-order chi connectivity index (χ0) is 14.5. The predicted molar refractivity (Wildman–Crippen MR) is 85.5 cm³/mol. The van der Waals surface area contributed by atoms with Gasteiger partial charge in [0.15, 0.2) is 0 Å². The Kier molecular flexibility index (Phi) is 5.05. The summed E-state index contributed by atoms with van der Waals surface area (Å²) in [6, 6.07) is 14.3. The molecule has 20 heavy (non-hydrogen) atoms. The van der Waals surface area contributed by atoms with Gasteiger partial charge >= 0.3 is 0 Å². The van der Waals surface area contributed by atoms with E-state index in [1.807, 2.05) is 24.3 Å². The molecule has 0 saturated heterocycles. The summed E-state index contributed by atoms with van der Waals surface area (Å²) in [5.74, 6) is 0.838. The summed E-state index contributed by atoms with van der Waals surface area (Å²) in [4.78, 5) is 0. The van der Waals surface area contributed by atoms with Gasteiger partial charge in [-0.25, -0.2) is 0 Å². The molecule has 0 aliphatic heterocycles. The highest BCUT2D eigenvalue weighted by atomic mass is 35.5. The monoisotopic (exact) mass is 289 g/mol. The SMILES string of the molecule is CCNC(C)c1ccccc1-c1cc(Cl)ccc1OC. The maximum Gasteiger partial charge on any atom is 0.126 e. The molecule has 2 nitrogen and oxygen atoms in total. The Morgan fingerprint density at radius 1 is 1.15 bits per heavy atom. The van der Waals surface area contributed by atoms with Gasteiger partial charge in [-0.3, -0.25) is 0 Å². The van der Waals surface area contributed by atoms with Crippen molar-refractivity contribution < 1.29 is 4.74 Å². The summed E-state index contributed by atoms with van der Waals surface area (Å²) in [5, 5.41) is 4.16. The molecule has 0 heterocycles. The van der Waals surface area contributed by atoms with E-state index >= 15 is 0 Å². The third-order valence-corrected chi connectivity index (χ3v) is 3.62. The fraction of sp³-hybridized carbons (Fsp3) is 0.294. The second-order valence-corrected chi connectivity index (χ2v) is 5.15. The lowest BCUT2D eigenvalue weighted by Crippen LogP contribution is -2.18. The van der Waals surface area contributed by atoms with E-state index < -0.39 is 0 Å². The molecule has 3 heteroatoms. The van der Waals surface area contributed by atoms with E-state index in [4.69, 9.17) is 16.3 Å². The minimum absolute atomic E-state index is 0.278. The molecule has 0 aliphatic rings. The van der Waals surface area contributed by atoms with Gasteiger partial charge in [-0.15, -0.1) is 0 Å². The number of hydrogen-bond donors (Lipinski definition) is 1. The molecular formula is C17H20ClNO. The third kappa shape index (κ3) is 3.14. The Labute approximate surface area is 125 Å². The molecule has 1 atom stereocenters. The van der Waals surface area contributed by atoms with Crippen LogP contribution in [0.4, 0.5) is 0 Å². The van der Waals surface area contributed by atoms with Gasteiger partial charge < -0.3 is 10.1 Å². The average molecular weight is 290 g/mol. The smallest absolute Gasteiger partial charge is 0.126 e. The molecule has 1 N–H and O–H groups in total. The van der Waals surface area contributed by atoms with E-state index in [1.165, 1.54) is 5.56 Å². The summed E-state index contributed by atoms with van der Waals surface area (Å²) in [6.07, 6.45) is 0. The Morgan fingerprint density at radius 2 is 1.90 bits per heavy atom. The molecule has 106 valence electrons. The van der Waals surface area contributed by atoms with Crippen LogP contribution in [0, 0.1) is 0 Å². The van der Waals surface area contributed by atoms with Crippen molar-refractivity contribution in [2.24, 2.45) is 0 Å². The first-order chi connectivity index (χ1) is 9.67. The molecule has 1 unspecified atom stereocenters. The lowest BCUT2D eigenvalue weighted by Gasteiger charge is -2.19. The molecule has 2 aromatic rings. The maximum atomic E-state index is 6.15. The van der Waals surface area contributed by atoms with Crippen LogP contribution < -0.4 is 10.1 Å².